The molecule has 3 aromatic rings. The van der Waals surface area contributed by atoms with Crippen molar-refractivity contribution in [1.29, 1.82) is 0 Å². The van der Waals surface area contributed by atoms with E-state index >= 15 is 0 Å². The first kappa shape index (κ1) is 22.0. The summed E-state index contributed by atoms with van der Waals surface area (Å²) in [4.78, 5) is 39.5. The largest absolute Gasteiger partial charge is 0.485 e. The standard InChI is InChI=1S/C25H21FN2O5/c1-16(25(31)27-19-7-3-2-4-8-19)28-21-12-17(10-11-23(21)33-15-24(28)30)22(29)14-32-20-9-5-6-18(26)13-20/h2-13,16H,14-15H2,1H3,(H,27,31). The lowest BCUT2D eigenvalue weighted by Crippen LogP contribution is -2.49. The molecule has 168 valence electrons. The third-order valence-corrected chi connectivity index (χ3v) is 5.13. The number of nitrogens with zero attached hydrogens (tertiary/aromatic N) is 1. The SMILES string of the molecule is CC(C(=O)Nc1ccccc1)N1C(=O)COc2ccc(C(=O)COc3cccc(F)c3)cc21. The second-order valence-corrected chi connectivity index (χ2v) is 7.44. The Bertz CT molecular complexity index is 1200. The predicted octanol–water partition coefficient (Wildman–Crippen LogP) is 3.84. The van der Waals surface area contributed by atoms with Crippen LogP contribution in [0.5, 0.6) is 11.5 Å². The number of halogens is 1. The highest BCUT2D eigenvalue weighted by Gasteiger charge is 2.33. The Morgan fingerprint density at radius 1 is 1.09 bits per heavy atom. The molecule has 1 atom stereocenters. The van der Waals surface area contributed by atoms with Crippen molar-refractivity contribution in [2.45, 2.75) is 13.0 Å². The fourth-order valence-electron chi connectivity index (χ4n) is 3.44. The van der Waals surface area contributed by atoms with Gasteiger partial charge in [0.05, 0.1) is 5.69 Å². The Labute approximate surface area is 189 Å². The normalized spacial score (nSPS) is 13.5. The number of anilines is 2. The molecule has 1 aliphatic rings. The van der Waals surface area contributed by atoms with Gasteiger partial charge in [0.1, 0.15) is 23.4 Å². The average molecular weight is 448 g/mol. The number of amides is 2. The van der Waals surface area contributed by atoms with E-state index in [1.807, 2.05) is 6.07 Å². The molecule has 1 heterocycles. The van der Waals surface area contributed by atoms with Crippen molar-refractivity contribution in [2.75, 3.05) is 23.4 Å². The van der Waals surface area contributed by atoms with E-state index in [0.717, 1.165) is 0 Å². The third-order valence-electron chi connectivity index (χ3n) is 5.13. The zero-order valence-electron chi connectivity index (χ0n) is 17.8. The molecule has 0 spiro atoms. The van der Waals surface area contributed by atoms with Crippen molar-refractivity contribution >= 4 is 29.0 Å². The molecule has 0 aromatic heterocycles. The van der Waals surface area contributed by atoms with Crippen molar-refractivity contribution < 1.29 is 28.2 Å². The molecular formula is C25H21FN2O5. The third kappa shape index (κ3) is 5.01. The van der Waals surface area contributed by atoms with Crippen LogP contribution in [-0.2, 0) is 9.59 Å². The summed E-state index contributed by atoms with van der Waals surface area (Å²) in [6.45, 7) is 1.07. The lowest BCUT2D eigenvalue weighted by atomic mass is 10.1. The number of fused-ring (bicyclic) bond motifs is 1. The fourth-order valence-corrected chi connectivity index (χ4v) is 3.44. The number of nitrogens with one attached hydrogen (secondary N) is 1. The molecule has 0 aliphatic carbocycles. The highest BCUT2D eigenvalue weighted by atomic mass is 19.1. The van der Waals surface area contributed by atoms with Crippen LogP contribution in [-0.4, -0.2) is 36.9 Å². The summed E-state index contributed by atoms with van der Waals surface area (Å²) >= 11 is 0. The van der Waals surface area contributed by atoms with Crippen molar-refractivity contribution in [2.24, 2.45) is 0 Å². The Kier molecular flexibility index (Phi) is 6.35. The Hall–Kier alpha value is -4.20. The molecule has 3 aromatic carbocycles. The first-order chi connectivity index (χ1) is 15.9. The van der Waals surface area contributed by atoms with Crippen LogP contribution in [0.2, 0.25) is 0 Å². The first-order valence-corrected chi connectivity index (χ1v) is 10.3. The lowest BCUT2D eigenvalue weighted by molar-refractivity contribution is -0.125. The number of hydrogen-bond donors (Lipinski definition) is 1. The topological polar surface area (TPSA) is 84.9 Å². The lowest BCUT2D eigenvalue weighted by Gasteiger charge is -2.33. The van der Waals surface area contributed by atoms with E-state index in [-0.39, 0.29) is 36.2 Å². The molecule has 33 heavy (non-hydrogen) atoms. The van der Waals surface area contributed by atoms with Gasteiger partial charge >= 0.3 is 0 Å². The molecule has 2 amide bonds. The molecule has 1 unspecified atom stereocenters. The average Bonchev–Trinajstić information content (AvgIpc) is 2.82. The number of rotatable bonds is 7. The molecule has 7 nitrogen and oxygen atoms in total. The van der Waals surface area contributed by atoms with Gasteiger partial charge in [0.25, 0.3) is 5.91 Å². The van der Waals surface area contributed by atoms with E-state index in [9.17, 15) is 18.8 Å². The van der Waals surface area contributed by atoms with Crippen LogP contribution < -0.4 is 19.7 Å². The van der Waals surface area contributed by atoms with Gasteiger partial charge in [0.2, 0.25) is 5.91 Å². The number of para-hydroxylation sites is 1. The van der Waals surface area contributed by atoms with Crippen molar-refractivity contribution in [1.82, 2.24) is 0 Å². The van der Waals surface area contributed by atoms with E-state index in [1.165, 1.54) is 29.2 Å². The maximum Gasteiger partial charge on any atom is 0.265 e. The number of ether oxygens (including phenoxy) is 2. The highest BCUT2D eigenvalue weighted by Crippen LogP contribution is 2.34. The van der Waals surface area contributed by atoms with Gasteiger partial charge in [-0.15, -0.1) is 0 Å². The monoisotopic (exact) mass is 448 g/mol. The number of benzene rings is 3. The summed E-state index contributed by atoms with van der Waals surface area (Å²) in [6, 6.07) is 18.2. The minimum absolute atomic E-state index is 0.216. The summed E-state index contributed by atoms with van der Waals surface area (Å²) in [5.41, 5.74) is 1.19. The van der Waals surface area contributed by atoms with E-state index in [0.29, 0.717) is 17.1 Å². The number of ketones is 1. The minimum Gasteiger partial charge on any atom is -0.485 e. The summed E-state index contributed by atoms with van der Waals surface area (Å²) in [5, 5.41) is 2.78. The van der Waals surface area contributed by atoms with Crippen LogP contribution in [0.1, 0.15) is 17.3 Å². The van der Waals surface area contributed by atoms with Gasteiger partial charge in [0.15, 0.2) is 19.0 Å². The fraction of sp³-hybridized carbons (Fsp3) is 0.160. The quantitative estimate of drug-likeness (QED) is 0.555. The summed E-state index contributed by atoms with van der Waals surface area (Å²) in [6.07, 6.45) is 0. The molecule has 0 saturated heterocycles. The second kappa shape index (κ2) is 9.52. The Morgan fingerprint density at radius 2 is 1.88 bits per heavy atom. The van der Waals surface area contributed by atoms with Crippen LogP contribution in [0.15, 0.2) is 72.8 Å². The molecule has 4 rings (SSSR count). The molecular weight excluding hydrogens is 427 g/mol. The summed E-state index contributed by atoms with van der Waals surface area (Å²) in [5.74, 6) is -1.01. The van der Waals surface area contributed by atoms with Crippen LogP contribution >= 0.6 is 0 Å². The molecule has 0 fully saturated rings. The van der Waals surface area contributed by atoms with Crippen molar-refractivity contribution in [3.05, 3.63) is 84.2 Å². The highest BCUT2D eigenvalue weighted by molar-refractivity contribution is 6.08. The van der Waals surface area contributed by atoms with Crippen LogP contribution in [0.3, 0.4) is 0 Å². The molecule has 0 radical (unpaired) electrons. The zero-order chi connectivity index (χ0) is 23.4. The van der Waals surface area contributed by atoms with Gasteiger partial charge in [-0.25, -0.2) is 4.39 Å². The molecule has 0 bridgehead atoms. The van der Waals surface area contributed by atoms with Crippen molar-refractivity contribution in [3.63, 3.8) is 0 Å². The molecule has 0 saturated carbocycles. The van der Waals surface area contributed by atoms with Gasteiger partial charge < -0.3 is 14.8 Å². The Morgan fingerprint density at radius 3 is 2.64 bits per heavy atom. The first-order valence-electron chi connectivity index (χ1n) is 10.3. The van der Waals surface area contributed by atoms with Crippen LogP contribution in [0.4, 0.5) is 15.8 Å². The minimum atomic E-state index is -0.853. The maximum atomic E-state index is 13.3. The van der Waals surface area contributed by atoms with Gasteiger partial charge in [-0.05, 0) is 49.4 Å². The van der Waals surface area contributed by atoms with E-state index in [2.05, 4.69) is 5.32 Å². The van der Waals surface area contributed by atoms with E-state index < -0.39 is 17.8 Å². The molecule has 1 N–H and O–H groups in total. The number of carbonyl (C=O) groups excluding carboxylic acids is 3. The predicted molar refractivity (Wildman–Crippen MR) is 120 cm³/mol. The van der Waals surface area contributed by atoms with Gasteiger partial charge in [-0.3, -0.25) is 19.3 Å². The summed E-state index contributed by atoms with van der Waals surface area (Å²) < 4.78 is 24.2. The Balaban J connectivity index is 1.53. The van der Waals surface area contributed by atoms with Gasteiger partial charge in [-0.2, -0.15) is 0 Å². The van der Waals surface area contributed by atoms with Crippen LogP contribution in [0.25, 0.3) is 0 Å². The zero-order valence-corrected chi connectivity index (χ0v) is 17.8. The van der Waals surface area contributed by atoms with Gasteiger partial charge in [-0.1, -0.05) is 24.3 Å². The number of carbonyl (C=O) groups is 3. The molecule has 1 aliphatic heterocycles. The van der Waals surface area contributed by atoms with Crippen LogP contribution in [0, 0.1) is 5.82 Å². The van der Waals surface area contributed by atoms with Crippen molar-refractivity contribution in [3.8, 4) is 11.5 Å². The second-order valence-electron chi connectivity index (χ2n) is 7.44. The van der Waals surface area contributed by atoms with E-state index in [1.54, 1.807) is 49.4 Å². The molecule has 8 heteroatoms. The number of Topliss-reactive ketones (excluding diaryl/α,β-unsaturated/α-hetero) is 1. The summed E-state index contributed by atoms with van der Waals surface area (Å²) in [7, 11) is 0. The van der Waals surface area contributed by atoms with E-state index in [4.69, 9.17) is 9.47 Å². The van der Waals surface area contributed by atoms with Gasteiger partial charge in [0, 0.05) is 17.3 Å². The number of hydrogen-bond acceptors (Lipinski definition) is 5. The maximum absolute atomic E-state index is 13.3. The smallest absolute Gasteiger partial charge is 0.265 e.